The van der Waals surface area contributed by atoms with Crippen LogP contribution in [0.4, 0.5) is 16.2 Å². The number of urea groups is 1. The average molecular weight is 481 g/mol. The number of aromatic nitrogens is 3. The van der Waals surface area contributed by atoms with Crippen LogP contribution in [0.15, 0.2) is 67.0 Å². The van der Waals surface area contributed by atoms with Crippen molar-refractivity contribution in [3.63, 3.8) is 0 Å². The van der Waals surface area contributed by atoms with Crippen molar-refractivity contribution in [3.8, 4) is 17.6 Å². The van der Waals surface area contributed by atoms with Gasteiger partial charge < -0.3 is 20.3 Å². The fourth-order valence-electron chi connectivity index (χ4n) is 3.99. The lowest BCUT2D eigenvalue weighted by Gasteiger charge is -2.23. The fraction of sp³-hybridized carbons (Fsp3) is 0.185. The van der Waals surface area contributed by atoms with Crippen LogP contribution in [0.1, 0.15) is 23.7 Å². The van der Waals surface area contributed by atoms with E-state index in [2.05, 4.69) is 32.6 Å². The summed E-state index contributed by atoms with van der Waals surface area (Å²) in [4.78, 5) is 31.8. The van der Waals surface area contributed by atoms with E-state index in [1.165, 1.54) is 0 Å². The maximum absolute atomic E-state index is 13.1. The third-order valence-corrected chi connectivity index (χ3v) is 5.85. The Balaban J connectivity index is 1.30. The quantitative estimate of drug-likeness (QED) is 0.438. The number of rotatable bonds is 3. The van der Waals surface area contributed by atoms with Crippen LogP contribution in [0.2, 0.25) is 0 Å². The van der Waals surface area contributed by atoms with Gasteiger partial charge in [0.2, 0.25) is 0 Å². The molecule has 2 aromatic carbocycles. The van der Waals surface area contributed by atoms with Gasteiger partial charge in [-0.05, 0) is 61.7 Å². The van der Waals surface area contributed by atoms with Crippen molar-refractivity contribution in [2.45, 2.75) is 19.9 Å². The molecular formula is C27H24N6O3. The van der Waals surface area contributed by atoms with E-state index in [1.54, 1.807) is 33.9 Å². The summed E-state index contributed by atoms with van der Waals surface area (Å²) in [5, 5.41) is 9.81. The normalized spacial score (nSPS) is 14.8. The molecule has 1 aliphatic rings. The summed E-state index contributed by atoms with van der Waals surface area (Å²) in [6.07, 6.45) is 3.35. The monoisotopic (exact) mass is 480 g/mol. The highest BCUT2D eigenvalue weighted by Gasteiger charge is 2.31. The molecule has 0 aliphatic carbocycles. The molecule has 1 aliphatic heterocycles. The zero-order valence-electron chi connectivity index (χ0n) is 19.9. The molecule has 0 unspecified atom stereocenters. The minimum absolute atomic E-state index is 0.0394. The minimum Gasteiger partial charge on any atom is -0.489 e. The number of hydrogen-bond donors (Lipinski definition) is 2. The number of nitrogens with zero attached hydrogens (tertiary/aromatic N) is 4. The smallest absolute Gasteiger partial charge is 0.320 e. The molecule has 0 saturated carbocycles. The molecule has 9 heteroatoms. The van der Waals surface area contributed by atoms with Crippen LogP contribution in [0.3, 0.4) is 0 Å². The molecule has 180 valence electrons. The summed E-state index contributed by atoms with van der Waals surface area (Å²) in [5.41, 5.74) is 4.33. The van der Waals surface area contributed by atoms with Crippen molar-refractivity contribution in [3.05, 3.63) is 83.8 Å². The van der Waals surface area contributed by atoms with Gasteiger partial charge in [0.05, 0.1) is 11.9 Å². The molecule has 2 aromatic heterocycles. The number of anilines is 2. The van der Waals surface area contributed by atoms with Gasteiger partial charge in [0.15, 0.2) is 5.65 Å². The number of imidazole rings is 1. The zero-order chi connectivity index (χ0) is 25.1. The maximum atomic E-state index is 13.1. The van der Waals surface area contributed by atoms with Crippen LogP contribution < -0.4 is 20.3 Å². The third kappa shape index (κ3) is 4.57. The Labute approximate surface area is 208 Å². The summed E-state index contributed by atoms with van der Waals surface area (Å²) in [6.45, 7) is 4.33. The van der Waals surface area contributed by atoms with Crippen molar-refractivity contribution >= 4 is 29.0 Å². The number of hydrogen-bond acceptors (Lipinski definition) is 5. The standard InChI is InChI=1S/C27H24N6O3/c1-3-32-23-7-4-5-8-24(23)36-17-22(26(32)34)31-27(35)30-20-12-10-18(2)19(15-20)11-13-21-16-28-25-9-6-14-29-33(21)25/h4-10,12,14-16,22H,3,17H2,1-2H3,(H2,30,31,35)/t22-/m1/s1. The summed E-state index contributed by atoms with van der Waals surface area (Å²) in [5.74, 6) is 6.62. The number of carbonyl (C=O) groups is 2. The van der Waals surface area contributed by atoms with E-state index in [0.29, 0.717) is 35.0 Å². The number of likely N-dealkylation sites (N-methyl/N-ethyl adjacent to an activating group) is 1. The first-order valence-corrected chi connectivity index (χ1v) is 11.6. The lowest BCUT2D eigenvalue weighted by atomic mass is 10.1. The molecule has 0 saturated heterocycles. The number of nitrogens with one attached hydrogen (secondary N) is 2. The molecule has 1 atom stereocenters. The number of fused-ring (bicyclic) bond motifs is 2. The number of amides is 3. The van der Waals surface area contributed by atoms with E-state index in [4.69, 9.17) is 4.74 Å². The van der Waals surface area contributed by atoms with Gasteiger partial charge in [0.1, 0.15) is 24.1 Å². The highest BCUT2D eigenvalue weighted by Crippen LogP contribution is 2.30. The molecule has 0 fully saturated rings. The lowest BCUT2D eigenvalue weighted by molar-refractivity contribution is -0.120. The largest absolute Gasteiger partial charge is 0.489 e. The molecule has 9 nitrogen and oxygen atoms in total. The SMILES string of the molecule is CCN1C(=O)[C@H](NC(=O)Nc2ccc(C)c(C#Cc3cnc4cccnn34)c2)COc2ccccc21. The summed E-state index contributed by atoms with van der Waals surface area (Å²) >= 11 is 0. The van der Waals surface area contributed by atoms with Crippen LogP contribution in [-0.2, 0) is 4.79 Å². The lowest BCUT2D eigenvalue weighted by Crippen LogP contribution is -2.51. The van der Waals surface area contributed by atoms with Crippen LogP contribution in [0.25, 0.3) is 5.65 Å². The van der Waals surface area contributed by atoms with Gasteiger partial charge in [0, 0.05) is 24.0 Å². The van der Waals surface area contributed by atoms with Crippen molar-refractivity contribution in [1.82, 2.24) is 19.9 Å². The number of ether oxygens (including phenoxy) is 1. The summed E-state index contributed by atoms with van der Waals surface area (Å²) < 4.78 is 7.48. The Kier molecular flexibility index (Phi) is 6.24. The number of aryl methyl sites for hydroxylation is 1. The molecular weight excluding hydrogens is 456 g/mol. The molecule has 0 spiro atoms. The molecule has 4 aromatic rings. The predicted molar refractivity (Wildman–Crippen MR) is 136 cm³/mol. The molecule has 3 heterocycles. The predicted octanol–water partition coefficient (Wildman–Crippen LogP) is 3.37. The Morgan fingerprint density at radius 3 is 2.89 bits per heavy atom. The van der Waals surface area contributed by atoms with Gasteiger partial charge in [0.25, 0.3) is 5.91 Å². The Morgan fingerprint density at radius 2 is 2.03 bits per heavy atom. The highest BCUT2D eigenvalue weighted by atomic mass is 16.5. The second-order valence-corrected chi connectivity index (χ2v) is 8.23. The van der Waals surface area contributed by atoms with Crippen molar-refractivity contribution in [1.29, 1.82) is 0 Å². The van der Waals surface area contributed by atoms with Gasteiger partial charge in [-0.15, -0.1) is 0 Å². The van der Waals surface area contributed by atoms with Crippen LogP contribution in [0, 0.1) is 18.8 Å². The Hall–Kier alpha value is -4.84. The van der Waals surface area contributed by atoms with Gasteiger partial charge in [-0.2, -0.15) is 5.10 Å². The van der Waals surface area contributed by atoms with Crippen molar-refractivity contribution in [2.24, 2.45) is 0 Å². The fourth-order valence-corrected chi connectivity index (χ4v) is 3.99. The Bertz CT molecular complexity index is 1520. The van der Waals surface area contributed by atoms with E-state index in [-0.39, 0.29) is 12.5 Å². The van der Waals surface area contributed by atoms with Gasteiger partial charge in [-0.1, -0.05) is 24.1 Å². The van der Waals surface area contributed by atoms with Crippen LogP contribution in [-0.4, -0.2) is 45.7 Å². The maximum Gasteiger partial charge on any atom is 0.320 e. The van der Waals surface area contributed by atoms with Gasteiger partial charge >= 0.3 is 6.03 Å². The second-order valence-electron chi connectivity index (χ2n) is 8.23. The Morgan fingerprint density at radius 1 is 1.17 bits per heavy atom. The van der Waals surface area contributed by atoms with E-state index in [0.717, 1.165) is 11.1 Å². The number of benzene rings is 2. The molecule has 0 bridgehead atoms. The molecule has 0 radical (unpaired) electrons. The van der Waals surface area contributed by atoms with Crippen molar-refractivity contribution in [2.75, 3.05) is 23.4 Å². The van der Waals surface area contributed by atoms with E-state index >= 15 is 0 Å². The molecule has 2 N–H and O–H groups in total. The minimum atomic E-state index is -0.829. The van der Waals surface area contributed by atoms with Gasteiger partial charge in [-0.3, -0.25) is 4.79 Å². The summed E-state index contributed by atoms with van der Waals surface area (Å²) in [6, 6.07) is 15.1. The number of para-hydroxylation sites is 2. The van der Waals surface area contributed by atoms with E-state index in [1.807, 2.05) is 56.3 Å². The van der Waals surface area contributed by atoms with Crippen molar-refractivity contribution < 1.29 is 14.3 Å². The first kappa shape index (κ1) is 22.9. The molecule has 5 rings (SSSR count). The molecule has 3 amide bonds. The second kappa shape index (κ2) is 9.80. The van der Waals surface area contributed by atoms with E-state index in [9.17, 15) is 9.59 Å². The topological polar surface area (TPSA) is 101 Å². The van der Waals surface area contributed by atoms with Gasteiger partial charge in [-0.25, -0.2) is 14.3 Å². The summed E-state index contributed by atoms with van der Waals surface area (Å²) in [7, 11) is 0. The first-order valence-electron chi connectivity index (χ1n) is 11.6. The zero-order valence-corrected chi connectivity index (χ0v) is 19.9. The third-order valence-electron chi connectivity index (χ3n) is 5.85. The van der Waals surface area contributed by atoms with E-state index < -0.39 is 12.1 Å². The van der Waals surface area contributed by atoms with Crippen LogP contribution in [0.5, 0.6) is 5.75 Å². The van der Waals surface area contributed by atoms with Crippen LogP contribution >= 0.6 is 0 Å². The molecule has 36 heavy (non-hydrogen) atoms. The average Bonchev–Trinajstić information content (AvgIpc) is 3.25. The highest BCUT2D eigenvalue weighted by molar-refractivity contribution is 6.02. The first-order chi connectivity index (χ1) is 17.5. The number of carbonyl (C=O) groups excluding carboxylic acids is 2.